The zero-order chi connectivity index (χ0) is 24.6. The van der Waals surface area contributed by atoms with E-state index in [2.05, 4.69) is 26.8 Å². The van der Waals surface area contributed by atoms with Crippen LogP contribution in [-0.2, 0) is 15.2 Å². The van der Waals surface area contributed by atoms with E-state index in [1.54, 1.807) is 6.20 Å². The molecule has 10 heteroatoms. The standard InChI is InChI=1S/C21H27N5O.2CH2O2/c1-15-16(2)23-19-10-12-22-26(19)20(15)25-13-11-21(27,18(14-25)24(3)4)17-8-6-5-7-9-17;2*2-1-3/h5-10,12,18,27H,11,13-14H2,1-4H3;2*1H,(H,2,3)/t18-,21+;;/m1../s1. The number of nitrogens with zero attached hydrogens (tertiary/aromatic N) is 5. The summed E-state index contributed by atoms with van der Waals surface area (Å²) in [5.74, 6) is 1.07. The molecular weight excluding hydrogens is 426 g/mol. The Morgan fingerprint density at radius 1 is 1.09 bits per heavy atom. The molecule has 0 spiro atoms. The Kier molecular flexibility index (Phi) is 8.89. The highest BCUT2D eigenvalue weighted by Gasteiger charge is 2.44. The van der Waals surface area contributed by atoms with Crippen molar-refractivity contribution in [1.29, 1.82) is 0 Å². The molecule has 1 aliphatic rings. The first-order chi connectivity index (χ1) is 15.7. The third-order valence-electron chi connectivity index (χ3n) is 5.89. The fraction of sp³-hybridized carbons (Fsp3) is 0.391. The quantitative estimate of drug-likeness (QED) is 0.504. The van der Waals surface area contributed by atoms with Gasteiger partial charge in [-0.15, -0.1) is 0 Å². The van der Waals surface area contributed by atoms with Crippen LogP contribution in [0.1, 0.15) is 23.2 Å². The van der Waals surface area contributed by atoms with Crippen LogP contribution >= 0.6 is 0 Å². The van der Waals surface area contributed by atoms with Crippen LogP contribution in [0, 0.1) is 13.8 Å². The van der Waals surface area contributed by atoms with Gasteiger partial charge in [-0.2, -0.15) is 9.61 Å². The zero-order valence-corrected chi connectivity index (χ0v) is 19.3. The number of aromatic nitrogens is 3. The molecule has 1 aromatic carbocycles. The van der Waals surface area contributed by atoms with Crippen LogP contribution in [0.25, 0.3) is 5.65 Å². The number of likely N-dealkylation sites (N-methyl/N-ethyl adjacent to an activating group) is 1. The molecule has 1 fully saturated rings. The molecule has 0 radical (unpaired) electrons. The first kappa shape index (κ1) is 25.8. The van der Waals surface area contributed by atoms with Gasteiger partial charge in [-0.1, -0.05) is 30.3 Å². The largest absolute Gasteiger partial charge is 0.483 e. The third-order valence-corrected chi connectivity index (χ3v) is 5.89. The Balaban J connectivity index is 0.000000582. The van der Waals surface area contributed by atoms with Gasteiger partial charge in [-0.25, -0.2) is 4.98 Å². The van der Waals surface area contributed by atoms with E-state index in [-0.39, 0.29) is 19.0 Å². The summed E-state index contributed by atoms with van der Waals surface area (Å²) in [5.41, 5.74) is 3.12. The molecule has 178 valence electrons. The Morgan fingerprint density at radius 2 is 1.70 bits per heavy atom. The highest BCUT2D eigenvalue weighted by Crippen LogP contribution is 2.37. The number of hydrogen-bond acceptors (Lipinski definition) is 7. The molecule has 10 nitrogen and oxygen atoms in total. The lowest BCUT2D eigenvalue weighted by atomic mass is 9.79. The second kappa shape index (κ2) is 11.4. The van der Waals surface area contributed by atoms with Crippen LogP contribution < -0.4 is 4.90 Å². The number of benzene rings is 1. The lowest BCUT2D eigenvalue weighted by Crippen LogP contribution is -2.59. The van der Waals surface area contributed by atoms with E-state index in [4.69, 9.17) is 19.8 Å². The van der Waals surface area contributed by atoms with E-state index in [0.29, 0.717) is 6.42 Å². The first-order valence-corrected chi connectivity index (χ1v) is 10.4. The molecule has 3 aromatic rings. The van der Waals surface area contributed by atoms with Gasteiger partial charge >= 0.3 is 0 Å². The van der Waals surface area contributed by atoms with E-state index < -0.39 is 5.60 Å². The van der Waals surface area contributed by atoms with Gasteiger partial charge in [-0.05, 0) is 39.9 Å². The van der Waals surface area contributed by atoms with E-state index in [9.17, 15) is 5.11 Å². The fourth-order valence-electron chi connectivity index (χ4n) is 4.26. The Hall–Kier alpha value is -3.50. The molecule has 2 atom stereocenters. The van der Waals surface area contributed by atoms with Crippen molar-refractivity contribution in [3.8, 4) is 0 Å². The molecule has 1 aliphatic heterocycles. The van der Waals surface area contributed by atoms with Gasteiger partial charge in [0.1, 0.15) is 11.4 Å². The summed E-state index contributed by atoms with van der Waals surface area (Å²) in [6.45, 7) is 5.12. The molecular formula is C23H31N5O5. The lowest BCUT2D eigenvalue weighted by Gasteiger charge is -2.48. The van der Waals surface area contributed by atoms with Crippen molar-refractivity contribution in [1.82, 2.24) is 19.5 Å². The number of piperidine rings is 1. The van der Waals surface area contributed by atoms with Crippen LogP contribution in [0.15, 0.2) is 42.6 Å². The first-order valence-electron chi connectivity index (χ1n) is 10.4. The Labute approximate surface area is 192 Å². The van der Waals surface area contributed by atoms with Gasteiger partial charge in [0.05, 0.1) is 12.2 Å². The average molecular weight is 458 g/mol. The molecule has 3 heterocycles. The predicted molar refractivity (Wildman–Crippen MR) is 124 cm³/mol. The molecule has 0 amide bonds. The van der Waals surface area contributed by atoms with Crippen LogP contribution in [0.5, 0.6) is 0 Å². The van der Waals surface area contributed by atoms with Crippen molar-refractivity contribution in [3.05, 3.63) is 59.4 Å². The van der Waals surface area contributed by atoms with Crippen molar-refractivity contribution >= 4 is 24.4 Å². The number of anilines is 1. The Bertz CT molecular complexity index is 1050. The average Bonchev–Trinajstić information content (AvgIpc) is 3.24. The van der Waals surface area contributed by atoms with E-state index >= 15 is 0 Å². The minimum Gasteiger partial charge on any atom is -0.483 e. The van der Waals surface area contributed by atoms with Crippen LogP contribution in [-0.4, -0.2) is 81.0 Å². The summed E-state index contributed by atoms with van der Waals surface area (Å²) in [4.78, 5) is 25.8. The van der Waals surface area contributed by atoms with Crippen molar-refractivity contribution in [3.63, 3.8) is 0 Å². The van der Waals surface area contributed by atoms with Gasteiger partial charge in [-0.3, -0.25) is 9.59 Å². The van der Waals surface area contributed by atoms with Gasteiger partial charge in [0.2, 0.25) is 0 Å². The molecule has 0 aliphatic carbocycles. The summed E-state index contributed by atoms with van der Waals surface area (Å²) in [6.07, 6.45) is 2.45. The van der Waals surface area contributed by atoms with Crippen molar-refractivity contribution in [2.75, 3.05) is 32.1 Å². The highest BCUT2D eigenvalue weighted by molar-refractivity contribution is 5.57. The maximum atomic E-state index is 11.6. The van der Waals surface area contributed by atoms with Crippen LogP contribution in [0.3, 0.4) is 0 Å². The zero-order valence-electron chi connectivity index (χ0n) is 19.3. The van der Waals surface area contributed by atoms with Gasteiger partial charge < -0.3 is 25.1 Å². The molecule has 4 rings (SSSR count). The number of rotatable bonds is 3. The van der Waals surface area contributed by atoms with E-state index in [1.807, 2.05) is 61.9 Å². The molecule has 2 aromatic heterocycles. The molecule has 0 saturated carbocycles. The summed E-state index contributed by atoms with van der Waals surface area (Å²) in [7, 11) is 4.08. The maximum absolute atomic E-state index is 11.6. The normalized spacial score (nSPS) is 19.8. The smallest absolute Gasteiger partial charge is 0.290 e. The van der Waals surface area contributed by atoms with Crippen molar-refractivity contribution < 1.29 is 24.9 Å². The monoisotopic (exact) mass is 457 g/mol. The topological polar surface area (TPSA) is 132 Å². The van der Waals surface area contributed by atoms with E-state index in [1.165, 1.54) is 0 Å². The summed E-state index contributed by atoms with van der Waals surface area (Å²) in [5, 5.41) is 29.9. The minimum absolute atomic E-state index is 0.0351. The summed E-state index contributed by atoms with van der Waals surface area (Å²) < 4.78 is 1.92. The molecule has 0 bridgehead atoms. The van der Waals surface area contributed by atoms with Gasteiger partial charge in [0.25, 0.3) is 12.9 Å². The molecule has 0 unspecified atom stereocenters. The third kappa shape index (κ3) is 5.47. The van der Waals surface area contributed by atoms with Gasteiger partial charge in [0.15, 0.2) is 5.65 Å². The van der Waals surface area contributed by atoms with Gasteiger partial charge in [0, 0.05) is 30.4 Å². The highest BCUT2D eigenvalue weighted by atomic mass is 16.3. The maximum Gasteiger partial charge on any atom is 0.290 e. The lowest BCUT2D eigenvalue weighted by molar-refractivity contribution is -0.123. The number of aliphatic hydroxyl groups is 1. The Morgan fingerprint density at radius 3 is 2.27 bits per heavy atom. The molecule has 33 heavy (non-hydrogen) atoms. The number of carbonyl (C=O) groups is 2. The number of hydrogen-bond donors (Lipinski definition) is 3. The fourth-order valence-corrected chi connectivity index (χ4v) is 4.26. The number of aryl methyl sites for hydroxylation is 1. The molecule has 1 saturated heterocycles. The second-order valence-electron chi connectivity index (χ2n) is 7.92. The SMILES string of the molecule is Cc1nc2ccnn2c(N2CC[C@](O)(c3ccccc3)[C@H](N(C)C)C2)c1C.O=CO.O=CO. The number of carboxylic acid groups (broad SMARTS) is 2. The predicted octanol–water partition coefficient (Wildman–Crippen LogP) is 1.78. The minimum atomic E-state index is -0.875. The van der Waals surface area contributed by atoms with E-state index in [0.717, 1.165) is 41.4 Å². The number of fused-ring (bicyclic) bond motifs is 1. The second-order valence-corrected chi connectivity index (χ2v) is 7.92. The van der Waals surface area contributed by atoms with Crippen molar-refractivity contribution in [2.45, 2.75) is 31.9 Å². The summed E-state index contributed by atoms with van der Waals surface area (Å²) >= 11 is 0. The van der Waals surface area contributed by atoms with Crippen LogP contribution in [0.4, 0.5) is 5.82 Å². The molecule has 3 N–H and O–H groups in total. The van der Waals surface area contributed by atoms with Crippen LogP contribution in [0.2, 0.25) is 0 Å². The summed E-state index contributed by atoms with van der Waals surface area (Å²) in [6, 6.07) is 11.9. The van der Waals surface area contributed by atoms with Crippen molar-refractivity contribution in [2.24, 2.45) is 0 Å².